The van der Waals surface area contributed by atoms with Crippen LogP contribution in [0.25, 0.3) is 22.3 Å². The fourth-order valence-corrected chi connectivity index (χ4v) is 4.23. The van der Waals surface area contributed by atoms with Gasteiger partial charge in [-0.05, 0) is 48.0 Å². The van der Waals surface area contributed by atoms with E-state index in [1.54, 1.807) is 31.2 Å². The maximum atomic E-state index is 13.4. The van der Waals surface area contributed by atoms with Gasteiger partial charge in [0.2, 0.25) is 0 Å². The molecule has 0 amide bonds. The number of carbonyl (C=O) groups is 1. The Hall–Kier alpha value is -3.69. The predicted molar refractivity (Wildman–Crippen MR) is 147 cm³/mol. The van der Waals surface area contributed by atoms with E-state index in [0.717, 1.165) is 5.56 Å². The number of ether oxygens (including phenoxy) is 3. The van der Waals surface area contributed by atoms with Gasteiger partial charge in [0.25, 0.3) is 5.56 Å². The van der Waals surface area contributed by atoms with Crippen molar-refractivity contribution in [2.75, 3.05) is 13.7 Å². The van der Waals surface area contributed by atoms with Crippen LogP contribution in [0, 0.1) is 0 Å². The molecule has 190 valence electrons. The first-order chi connectivity index (χ1) is 17.8. The third-order valence-corrected chi connectivity index (χ3v) is 6.82. The van der Waals surface area contributed by atoms with Crippen molar-refractivity contribution in [3.8, 4) is 22.9 Å². The molecule has 0 aliphatic carbocycles. The largest absolute Gasteiger partial charge is 0.490 e. The monoisotopic (exact) mass is 583 g/mol. The summed E-state index contributed by atoms with van der Waals surface area (Å²) < 4.78 is 17.9. The van der Waals surface area contributed by atoms with Gasteiger partial charge in [-0.1, -0.05) is 54.1 Å². The maximum absolute atomic E-state index is 13.4. The quantitative estimate of drug-likeness (QED) is 0.195. The molecular weight excluding hydrogens is 562 g/mol. The number of methoxy groups -OCH3 is 1. The number of hydrogen-bond donors (Lipinski definition) is 0. The van der Waals surface area contributed by atoms with Crippen molar-refractivity contribution < 1.29 is 19.0 Å². The van der Waals surface area contributed by atoms with Crippen molar-refractivity contribution in [1.82, 2.24) is 9.66 Å². The van der Waals surface area contributed by atoms with Gasteiger partial charge in [0.15, 0.2) is 23.4 Å². The van der Waals surface area contributed by atoms with Crippen molar-refractivity contribution in [3.63, 3.8) is 0 Å². The number of rotatable bonds is 8. The summed E-state index contributed by atoms with van der Waals surface area (Å²) in [5, 5.41) is 5.11. The zero-order chi connectivity index (χ0) is 26.5. The van der Waals surface area contributed by atoms with Gasteiger partial charge in [0, 0.05) is 15.6 Å². The lowest BCUT2D eigenvalue weighted by molar-refractivity contribution is -0.147. The number of benzene rings is 3. The predicted octanol–water partition coefficient (Wildman–Crippen LogP) is 5.70. The Bertz CT molecular complexity index is 1540. The maximum Gasteiger partial charge on any atom is 0.346 e. The highest BCUT2D eigenvalue weighted by molar-refractivity contribution is 9.10. The number of nitrogens with zero attached hydrogens (tertiary/aromatic N) is 3. The van der Waals surface area contributed by atoms with Gasteiger partial charge in [0.05, 0.1) is 30.8 Å². The van der Waals surface area contributed by atoms with Crippen molar-refractivity contribution in [2.24, 2.45) is 5.10 Å². The molecule has 0 saturated carbocycles. The van der Waals surface area contributed by atoms with Crippen LogP contribution in [0.5, 0.6) is 11.5 Å². The number of para-hydroxylation sites is 1. The number of aromatic nitrogens is 2. The first kappa shape index (κ1) is 26.4. The first-order valence-corrected chi connectivity index (χ1v) is 12.5. The first-order valence-electron chi connectivity index (χ1n) is 11.4. The number of fused-ring (bicyclic) bond motifs is 1. The minimum absolute atomic E-state index is 0.176. The van der Waals surface area contributed by atoms with E-state index in [9.17, 15) is 9.59 Å². The lowest BCUT2D eigenvalue weighted by Crippen LogP contribution is -2.25. The molecule has 3 aromatic carbocycles. The highest BCUT2D eigenvalue weighted by Gasteiger charge is 2.23. The highest BCUT2D eigenvalue weighted by Crippen LogP contribution is 2.43. The topological polar surface area (TPSA) is 92.0 Å². The second kappa shape index (κ2) is 11.6. The molecule has 0 saturated heterocycles. The van der Waals surface area contributed by atoms with Crippen LogP contribution >= 0.6 is 27.5 Å². The lowest BCUT2D eigenvalue weighted by Gasteiger charge is -2.19. The van der Waals surface area contributed by atoms with Gasteiger partial charge in [-0.15, -0.1) is 0 Å². The molecule has 0 spiro atoms. The van der Waals surface area contributed by atoms with Gasteiger partial charge in [-0.25, -0.2) is 9.78 Å². The zero-order valence-corrected chi connectivity index (χ0v) is 22.6. The van der Waals surface area contributed by atoms with E-state index in [1.165, 1.54) is 18.0 Å². The van der Waals surface area contributed by atoms with Crippen LogP contribution in [0.3, 0.4) is 0 Å². The molecule has 8 nitrogen and oxygen atoms in total. The summed E-state index contributed by atoms with van der Waals surface area (Å²) in [5.74, 6) is 0.316. The second-order valence-electron chi connectivity index (χ2n) is 7.82. The van der Waals surface area contributed by atoms with Crippen molar-refractivity contribution in [3.05, 3.63) is 86.1 Å². The summed E-state index contributed by atoms with van der Waals surface area (Å²) in [4.78, 5) is 30.0. The van der Waals surface area contributed by atoms with Crippen molar-refractivity contribution in [1.29, 1.82) is 0 Å². The molecular formula is C27H23BrClN3O5. The highest BCUT2D eigenvalue weighted by atomic mass is 79.9. The second-order valence-corrected chi connectivity index (χ2v) is 8.99. The van der Waals surface area contributed by atoms with Crippen LogP contribution in [0.2, 0.25) is 5.02 Å². The summed E-state index contributed by atoms with van der Waals surface area (Å²) in [6.45, 7) is 3.68. The van der Waals surface area contributed by atoms with E-state index in [0.29, 0.717) is 39.1 Å². The Morgan fingerprint density at radius 3 is 2.59 bits per heavy atom. The molecule has 4 rings (SSSR count). The summed E-state index contributed by atoms with van der Waals surface area (Å²) in [6.07, 6.45) is 0.569. The average Bonchev–Trinajstić information content (AvgIpc) is 2.92. The van der Waals surface area contributed by atoms with Gasteiger partial charge in [-0.3, -0.25) is 4.79 Å². The third kappa shape index (κ3) is 5.52. The molecule has 0 aliphatic heterocycles. The van der Waals surface area contributed by atoms with Gasteiger partial charge >= 0.3 is 5.97 Å². The number of carbonyl (C=O) groups excluding carboxylic acids is 1. The smallest absolute Gasteiger partial charge is 0.346 e. The summed E-state index contributed by atoms with van der Waals surface area (Å²) in [6, 6.07) is 18.1. The van der Waals surface area contributed by atoms with Gasteiger partial charge < -0.3 is 14.2 Å². The number of hydrogen-bond acceptors (Lipinski definition) is 7. The fraction of sp³-hybridized carbons (Fsp3) is 0.185. The van der Waals surface area contributed by atoms with Crippen LogP contribution in [0.4, 0.5) is 0 Å². The van der Waals surface area contributed by atoms with E-state index in [1.807, 2.05) is 43.3 Å². The Kier molecular flexibility index (Phi) is 8.25. The molecule has 0 aliphatic rings. The summed E-state index contributed by atoms with van der Waals surface area (Å²) in [5.41, 5.74) is 1.50. The Labute approximate surface area is 226 Å². The SMILES string of the molecule is CCOc1cc(C=Nn2c(-c3ccccc3)nc3ccccc3c2=O)c(Br)c(Cl)c1O[C@H](C)C(=O)OC. The van der Waals surface area contributed by atoms with Crippen LogP contribution in [-0.4, -0.2) is 41.7 Å². The molecule has 1 heterocycles. The summed E-state index contributed by atoms with van der Waals surface area (Å²) >= 11 is 10.1. The van der Waals surface area contributed by atoms with Crippen LogP contribution < -0.4 is 15.0 Å². The van der Waals surface area contributed by atoms with Gasteiger partial charge in [-0.2, -0.15) is 9.78 Å². The van der Waals surface area contributed by atoms with E-state index in [4.69, 9.17) is 30.8 Å². The fourth-order valence-electron chi connectivity index (χ4n) is 3.59. The van der Waals surface area contributed by atoms with Crippen LogP contribution in [0.15, 0.2) is 75.0 Å². The molecule has 37 heavy (non-hydrogen) atoms. The molecule has 10 heteroatoms. The molecule has 0 bridgehead atoms. The molecule has 4 aromatic rings. The molecule has 1 aromatic heterocycles. The number of halogens is 2. The van der Waals surface area contributed by atoms with E-state index in [-0.39, 0.29) is 16.3 Å². The van der Waals surface area contributed by atoms with E-state index in [2.05, 4.69) is 21.0 Å². The Balaban J connectivity index is 1.84. The number of esters is 1. The van der Waals surface area contributed by atoms with Crippen molar-refractivity contribution >= 4 is 50.6 Å². The lowest BCUT2D eigenvalue weighted by atomic mass is 10.2. The molecule has 1 atom stereocenters. The van der Waals surface area contributed by atoms with E-state index >= 15 is 0 Å². The van der Waals surface area contributed by atoms with Gasteiger partial charge in [0.1, 0.15) is 5.02 Å². The minimum atomic E-state index is -0.913. The van der Waals surface area contributed by atoms with Crippen molar-refractivity contribution in [2.45, 2.75) is 20.0 Å². The zero-order valence-electron chi connectivity index (χ0n) is 20.3. The Morgan fingerprint density at radius 2 is 1.89 bits per heavy atom. The summed E-state index contributed by atoms with van der Waals surface area (Å²) in [7, 11) is 1.27. The molecule has 0 radical (unpaired) electrons. The van der Waals surface area contributed by atoms with Crippen LogP contribution in [-0.2, 0) is 9.53 Å². The standard InChI is InChI=1S/C27H23BrClN3O5/c1-4-36-21-14-18(22(28)23(29)24(21)37-16(2)27(34)35-3)15-30-32-25(17-10-6-5-7-11-17)31-20-13-9-8-12-19(20)26(32)33/h5-16H,4H2,1-3H3/t16-/m1/s1. The van der Waals surface area contributed by atoms with E-state index < -0.39 is 12.1 Å². The Morgan fingerprint density at radius 1 is 1.19 bits per heavy atom. The minimum Gasteiger partial charge on any atom is -0.490 e. The third-order valence-electron chi connectivity index (χ3n) is 5.38. The molecule has 0 N–H and O–H groups in total. The average molecular weight is 585 g/mol. The van der Waals surface area contributed by atoms with Crippen LogP contribution in [0.1, 0.15) is 19.4 Å². The normalized spacial score (nSPS) is 12.0. The molecule has 0 fully saturated rings. The molecule has 0 unspecified atom stereocenters.